The molecule has 96 valence electrons. The summed E-state index contributed by atoms with van der Waals surface area (Å²) in [6, 6.07) is -0.137. The van der Waals surface area contributed by atoms with E-state index < -0.39 is 9.84 Å². The van der Waals surface area contributed by atoms with Crippen LogP contribution in [0.1, 0.15) is 58.3 Å². The topological polar surface area (TPSA) is 60.2 Å². The van der Waals surface area contributed by atoms with Crippen LogP contribution in [0.5, 0.6) is 0 Å². The number of hydrogen-bond acceptors (Lipinski definition) is 3. The van der Waals surface area contributed by atoms with Gasteiger partial charge in [-0.2, -0.15) is 0 Å². The van der Waals surface area contributed by atoms with E-state index in [2.05, 4.69) is 0 Å². The lowest BCUT2D eigenvalue weighted by Crippen LogP contribution is -2.42. The minimum atomic E-state index is -2.96. The molecule has 0 amide bonds. The summed E-state index contributed by atoms with van der Waals surface area (Å²) in [5.41, 5.74) is 6.03. The molecule has 1 aliphatic carbocycles. The molecule has 0 aromatic heterocycles. The van der Waals surface area contributed by atoms with Crippen LogP contribution in [0.25, 0.3) is 0 Å². The summed E-state index contributed by atoms with van der Waals surface area (Å²) in [5, 5.41) is -0.278. The second-order valence-corrected chi connectivity index (χ2v) is 7.25. The van der Waals surface area contributed by atoms with Gasteiger partial charge < -0.3 is 5.73 Å². The van der Waals surface area contributed by atoms with Gasteiger partial charge in [0, 0.05) is 6.04 Å². The summed E-state index contributed by atoms with van der Waals surface area (Å²) in [7, 11) is -2.96. The number of sulfone groups is 1. The fourth-order valence-electron chi connectivity index (χ4n) is 2.42. The average Bonchev–Trinajstić information content (AvgIpc) is 2.20. The fourth-order valence-corrected chi connectivity index (χ4v) is 4.61. The lowest BCUT2D eigenvalue weighted by molar-refractivity contribution is 0.443. The van der Waals surface area contributed by atoms with Gasteiger partial charge in [-0.15, -0.1) is 0 Å². The van der Waals surface area contributed by atoms with Gasteiger partial charge in [-0.05, 0) is 19.3 Å². The molecule has 0 bridgehead atoms. The average molecular weight is 247 g/mol. The van der Waals surface area contributed by atoms with E-state index >= 15 is 0 Å². The fraction of sp³-hybridized carbons (Fsp3) is 1.00. The molecule has 0 saturated heterocycles. The van der Waals surface area contributed by atoms with Gasteiger partial charge in [0.15, 0.2) is 9.84 Å². The number of hydrogen-bond donors (Lipinski definition) is 1. The summed E-state index contributed by atoms with van der Waals surface area (Å²) in [5.74, 6) is 0.321. The van der Waals surface area contributed by atoms with Crippen molar-refractivity contribution in [2.75, 3.05) is 5.75 Å². The summed E-state index contributed by atoms with van der Waals surface area (Å²) >= 11 is 0. The van der Waals surface area contributed by atoms with E-state index in [0.717, 1.165) is 44.9 Å². The molecule has 1 fully saturated rings. The monoisotopic (exact) mass is 247 g/mol. The van der Waals surface area contributed by atoms with Gasteiger partial charge in [0.25, 0.3) is 0 Å². The normalized spacial score (nSPS) is 28.4. The molecule has 0 heterocycles. The summed E-state index contributed by atoms with van der Waals surface area (Å²) in [6.07, 6.45) is 7.81. The molecule has 0 aliphatic heterocycles. The van der Waals surface area contributed by atoms with Crippen LogP contribution >= 0.6 is 0 Å². The Morgan fingerprint density at radius 3 is 2.38 bits per heavy atom. The Balaban J connectivity index is 2.65. The summed E-state index contributed by atoms with van der Waals surface area (Å²) in [6.45, 7) is 2.02. The van der Waals surface area contributed by atoms with Crippen LogP contribution in [0.3, 0.4) is 0 Å². The zero-order valence-electron chi connectivity index (χ0n) is 10.3. The Kier molecular flexibility index (Phi) is 5.76. The molecule has 3 nitrogen and oxygen atoms in total. The van der Waals surface area contributed by atoms with Crippen molar-refractivity contribution in [2.24, 2.45) is 5.73 Å². The van der Waals surface area contributed by atoms with E-state index in [4.69, 9.17) is 5.73 Å². The molecule has 1 saturated carbocycles. The molecule has 2 atom stereocenters. The van der Waals surface area contributed by atoms with Gasteiger partial charge in [0.05, 0.1) is 11.0 Å². The largest absolute Gasteiger partial charge is 0.327 e. The Bertz CT molecular complexity index is 287. The van der Waals surface area contributed by atoms with Crippen LogP contribution in [-0.2, 0) is 9.84 Å². The highest BCUT2D eigenvalue weighted by Gasteiger charge is 2.30. The zero-order chi connectivity index (χ0) is 12.0. The second kappa shape index (κ2) is 6.60. The van der Waals surface area contributed by atoms with Crippen LogP contribution in [0.4, 0.5) is 0 Å². The van der Waals surface area contributed by atoms with Crippen LogP contribution < -0.4 is 5.73 Å². The lowest BCUT2D eigenvalue weighted by atomic mass is 9.97. The number of unbranched alkanes of at least 4 members (excludes halogenated alkanes) is 1. The molecule has 2 N–H and O–H groups in total. The first kappa shape index (κ1) is 14.0. The standard InChI is InChI=1S/C12H25NO2S/c1-2-3-10-16(14,15)12-9-7-5-4-6-8-11(12)13/h11-12H,2-10,13H2,1H3. The molecule has 4 heteroatoms. The zero-order valence-corrected chi connectivity index (χ0v) is 11.1. The maximum atomic E-state index is 12.1. The van der Waals surface area contributed by atoms with Gasteiger partial charge >= 0.3 is 0 Å². The second-order valence-electron chi connectivity index (χ2n) is 4.91. The summed E-state index contributed by atoms with van der Waals surface area (Å²) in [4.78, 5) is 0. The maximum Gasteiger partial charge on any atom is 0.154 e. The third kappa shape index (κ3) is 4.06. The first-order valence-corrected chi connectivity index (χ1v) is 8.26. The molecule has 0 radical (unpaired) electrons. The van der Waals surface area contributed by atoms with Crippen molar-refractivity contribution in [1.82, 2.24) is 0 Å². The molecule has 1 aliphatic rings. The Labute approximate surface area is 99.7 Å². The smallest absolute Gasteiger partial charge is 0.154 e. The Morgan fingerprint density at radius 1 is 1.12 bits per heavy atom. The van der Waals surface area contributed by atoms with Crippen molar-refractivity contribution in [3.05, 3.63) is 0 Å². The number of nitrogens with two attached hydrogens (primary N) is 1. The van der Waals surface area contributed by atoms with Gasteiger partial charge in [-0.3, -0.25) is 0 Å². The molecule has 0 aromatic rings. The summed E-state index contributed by atoms with van der Waals surface area (Å²) < 4.78 is 24.3. The van der Waals surface area contributed by atoms with Gasteiger partial charge in [0.1, 0.15) is 0 Å². The van der Waals surface area contributed by atoms with Gasteiger partial charge in [0.2, 0.25) is 0 Å². The van der Waals surface area contributed by atoms with Crippen LogP contribution in [0.15, 0.2) is 0 Å². The highest BCUT2D eigenvalue weighted by molar-refractivity contribution is 7.92. The van der Waals surface area contributed by atoms with E-state index in [1.807, 2.05) is 6.92 Å². The SMILES string of the molecule is CCCCS(=O)(=O)C1CCCCCCC1N. The van der Waals surface area contributed by atoms with Crippen LogP contribution in [0.2, 0.25) is 0 Å². The first-order valence-electron chi connectivity index (χ1n) is 6.55. The first-order chi connectivity index (χ1) is 7.58. The van der Waals surface area contributed by atoms with Crippen LogP contribution in [0, 0.1) is 0 Å². The molecule has 0 spiro atoms. The predicted molar refractivity (Wildman–Crippen MR) is 68.2 cm³/mol. The molecular weight excluding hydrogens is 222 g/mol. The minimum absolute atomic E-state index is 0.137. The van der Waals surface area contributed by atoms with E-state index in [1.54, 1.807) is 0 Å². The van der Waals surface area contributed by atoms with E-state index in [-0.39, 0.29) is 11.3 Å². The highest BCUT2D eigenvalue weighted by Crippen LogP contribution is 2.23. The van der Waals surface area contributed by atoms with Crippen molar-refractivity contribution < 1.29 is 8.42 Å². The van der Waals surface area contributed by atoms with Crippen molar-refractivity contribution >= 4 is 9.84 Å². The highest BCUT2D eigenvalue weighted by atomic mass is 32.2. The van der Waals surface area contributed by atoms with E-state index in [9.17, 15) is 8.42 Å². The maximum absolute atomic E-state index is 12.1. The molecule has 0 aromatic carbocycles. The van der Waals surface area contributed by atoms with E-state index in [1.165, 1.54) is 6.42 Å². The molecule has 2 unspecified atom stereocenters. The van der Waals surface area contributed by atoms with Crippen LogP contribution in [-0.4, -0.2) is 25.5 Å². The molecule has 16 heavy (non-hydrogen) atoms. The van der Waals surface area contributed by atoms with Crippen molar-refractivity contribution in [1.29, 1.82) is 0 Å². The van der Waals surface area contributed by atoms with Crippen molar-refractivity contribution in [2.45, 2.75) is 69.6 Å². The quantitative estimate of drug-likeness (QED) is 0.829. The third-order valence-electron chi connectivity index (χ3n) is 3.50. The van der Waals surface area contributed by atoms with Gasteiger partial charge in [-0.1, -0.05) is 39.0 Å². The third-order valence-corrected chi connectivity index (χ3v) is 5.86. The predicted octanol–water partition coefficient (Wildman–Crippen LogP) is 2.25. The Hall–Kier alpha value is -0.0900. The Morgan fingerprint density at radius 2 is 1.75 bits per heavy atom. The van der Waals surface area contributed by atoms with E-state index in [0.29, 0.717) is 5.75 Å². The van der Waals surface area contributed by atoms with Crippen molar-refractivity contribution in [3.8, 4) is 0 Å². The lowest BCUT2D eigenvalue weighted by Gasteiger charge is -2.26. The van der Waals surface area contributed by atoms with Crippen molar-refractivity contribution in [3.63, 3.8) is 0 Å². The van der Waals surface area contributed by atoms with Gasteiger partial charge in [-0.25, -0.2) is 8.42 Å². The number of rotatable bonds is 4. The molecular formula is C12H25NO2S. The molecule has 1 rings (SSSR count). The minimum Gasteiger partial charge on any atom is -0.327 e.